The summed E-state index contributed by atoms with van der Waals surface area (Å²) < 4.78 is 2.07. The normalized spacial score (nSPS) is 23.1. The predicted molar refractivity (Wildman–Crippen MR) is 55.9 cm³/mol. The van der Waals surface area contributed by atoms with Gasteiger partial charge < -0.3 is 9.67 Å². The first-order valence-electron chi connectivity index (χ1n) is 5.25. The Morgan fingerprint density at radius 1 is 1.57 bits per heavy atom. The van der Waals surface area contributed by atoms with Crippen LogP contribution in [-0.2, 0) is 13.6 Å². The molecule has 0 amide bonds. The number of aliphatic hydroxyl groups excluding tert-OH is 1. The first-order chi connectivity index (χ1) is 6.79. The number of likely N-dealkylation sites (tertiary alicyclic amines) is 1. The summed E-state index contributed by atoms with van der Waals surface area (Å²) >= 11 is 0. The maximum atomic E-state index is 9.17. The standard InChI is InChI=1S/C11H18N2O/c1-12-6-4-10(7-12)8-13-5-2-3-11(13)9-14/h4,6-7,11,14H,2-3,5,8-9H2,1H3/t11-/m1/s1. The highest BCUT2D eigenvalue weighted by Gasteiger charge is 2.23. The van der Waals surface area contributed by atoms with Gasteiger partial charge >= 0.3 is 0 Å². The molecule has 14 heavy (non-hydrogen) atoms. The molecule has 0 aliphatic carbocycles. The Bertz CT molecular complexity index is 295. The summed E-state index contributed by atoms with van der Waals surface area (Å²) in [6.45, 7) is 2.40. The predicted octanol–water partition coefficient (Wildman–Crippen LogP) is 0.982. The smallest absolute Gasteiger partial charge is 0.0587 e. The van der Waals surface area contributed by atoms with E-state index in [9.17, 15) is 5.11 Å². The number of hydrogen-bond donors (Lipinski definition) is 1. The van der Waals surface area contributed by atoms with Gasteiger partial charge in [0, 0.05) is 32.0 Å². The van der Waals surface area contributed by atoms with E-state index in [1.54, 1.807) is 0 Å². The van der Waals surface area contributed by atoms with Crippen LogP contribution >= 0.6 is 0 Å². The molecule has 3 nitrogen and oxygen atoms in total. The van der Waals surface area contributed by atoms with Gasteiger partial charge in [0.25, 0.3) is 0 Å². The van der Waals surface area contributed by atoms with Crippen LogP contribution in [0.15, 0.2) is 18.5 Å². The van der Waals surface area contributed by atoms with Gasteiger partial charge in [0.05, 0.1) is 6.61 Å². The van der Waals surface area contributed by atoms with Gasteiger partial charge in [-0.25, -0.2) is 0 Å². The summed E-state index contributed by atoms with van der Waals surface area (Å²) in [7, 11) is 2.04. The number of aliphatic hydroxyl groups is 1. The zero-order valence-corrected chi connectivity index (χ0v) is 8.69. The summed E-state index contributed by atoms with van der Waals surface area (Å²) in [5, 5.41) is 9.17. The fraction of sp³-hybridized carbons (Fsp3) is 0.636. The molecule has 3 heteroatoms. The highest BCUT2D eigenvalue weighted by molar-refractivity contribution is 5.10. The van der Waals surface area contributed by atoms with Crippen LogP contribution in [0.3, 0.4) is 0 Å². The Morgan fingerprint density at radius 2 is 2.43 bits per heavy atom. The van der Waals surface area contributed by atoms with Gasteiger partial charge in [0.1, 0.15) is 0 Å². The number of nitrogens with zero attached hydrogens (tertiary/aromatic N) is 2. The molecule has 78 valence electrons. The van der Waals surface area contributed by atoms with Gasteiger partial charge in [-0.2, -0.15) is 0 Å². The van der Waals surface area contributed by atoms with Crippen molar-refractivity contribution in [2.45, 2.75) is 25.4 Å². The van der Waals surface area contributed by atoms with E-state index < -0.39 is 0 Å². The number of aryl methyl sites for hydroxylation is 1. The highest BCUT2D eigenvalue weighted by Crippen LogP contribution is 2.19. The van der Waals surface area contributed by atoms with E-state index in [0.29, 0.717) is 12.6 Å². The lowest BCUT2D eigenvalue weighted by Crippen LogP contribution is -2.31. The third-order valence-corrected chi connectivity index (χ3v) is 2.99. The first kappa shape index (κ1) is 9.74. The van der Waals surface area contributed by atoms with Crippen molar-refractivity contribution in [3.8, 4) is 0 Å². The second-order valence-corrected chi connectivity index (χ2v) is 4.13. The van der Waals surface area contributed by atoms with Crippen molar-refractivity contribution in [1.29, 1.82) is 0 Å². The Kier molecular flexibility index (Phi) is 2.89. The summed E-state index contributed by atoms with van der Waals surface area (Å²) in [5.41, 5.74) is 1.34. The minimum Gasteiger partial charge on any atom is -0.395 e. The summed E-state index contributed by atoms with van der Waals surface area (Å²) in [4.78, 5) is 2.37. The van der Waals surface area contributed by atoms with Crippen LogP contribution in [0, 0.1) is 0 Å². The minimum atomic E-state index is 0.298. The number of rotatable bonds is 3. The largest absolute Gasteiger partial charge is 0.395 e. The SMILES string of the molecule is Cn1ccc(CN2CCC[C@@H]2CO)c1. The molecule has 1 atom stereocenters. The van der Waals surface area contributed by atoms with Crippen LogP contribution in [0.5, 0.6) is 0 Å². The fourth-order valence-electron chi connectivity index (χ4n) is 2.20. The Morgan fingerprint density at radius 3 is 3.07 bits per heavy atom. The molecule has 1 fully saturated rings. The summed E-state index contributed by atoms with van der Waals surface area (Å²) in [6.07, 6.45) is 6.58. The van der Waals surface area contributed by atoms with Gasteiger partial charge in [0.15, 0.2) is 0 Å². The van der Waals surface area contributed by atoms with Crippen LogP contribution in [0.1, 0.15) is 18.4 Å². The molecule has 2 heterocycles. The second-order valence-electron chi connectivity index (χ2n) is 4.13. The molecule has 1 N–H and O–H groups in total. The van der Waals surface area contributed by atoms with Crippen LogP contribution < -0.4 is 0 Å². The van der Waals surface area contributed by atoms with Crippen molar-refractivity contribution in [2.24, 2.45) is 7.05 Å². The highest BCUT2D eigenvalue weighted by atomic mass is 16.3. The molecule has 1 saturated heterocycles. The molecule has 1 aromatic rings. The second kappa shape index (κ2) is 4.15. The third-order valence-electron chi connectivity index (χ3n) is 2.99. The average Bonchev–Trinajstić information content (AvgIpc) is 2.76. The van der Waals surface area contributed by atoms with Gasteiger partial charge in [0.2, 0.25) is 0 Å². The zero-order chi connectivity index (χ0) is 9.97. The van der Waals surface area contributed by atoms with Crippen molar-refractivity contribution < 1.29 is 5.11 Å². The molecule has 0 aromatic carbocycles. The fourth-order valence-corrected chi connectivity index (χ4v) is 2.20. The maximum Gasteiger partial charge on any atom is 0.0587 e. The van der Waals surface area contributed by atoms with E-state index in [4.69, 9.17) is 0 Å². The third kappa shape index (κ3) is 1.99. The van der Waals surface area contributed by atoms with E-state index >= 15 is 0 Å². The molecule has 2 rings (SSSR count). The molecule has 0 saturated carbocycles. The van der Waals surface area contributed by atoms with Crippen molar-refractivity contribution in [3.63, 3.8) is 0 Å². The van der Waals surface area contributed by atoms with Crippen molar-refractivity contribution in [1.82, 2.24) is 9.47 Å². The van der Waals surface area contributed by atoms with Crippen LogP contribution in [-0.4, -0.2) is 33.8 Å². The van der Waals surface area contributed by atoms with E-state index in [0.717, 1.165) is 19.5 Å². The molecule has 1 aromatic heterocycles. The molecule has 1 aliphatic rings. The summed E-state index contributed by atoms with van der Waals surface area (Å²) in [6, 6.07) is 2.53. The van der Waals surface area contributed by atoms with Gasteiger partial charge in [-0.15, -0.1) is 0 Å². The van der Waals surface area contributed by atoms with Crippen molar-refractivity contribution in [2.75, 3.05) is 13.2 Å². The Balaban J connectivity index is 1.96. The topological polar surface area (TPSA) is 28.4 Å². The van der Waals surface area contributed by atoms with Crippen LogP contribution in [0.25, 0.3) is 0 Å². The van der Waals surface area contributed by atoms with E-state index in [-0.39, 0.29) is 0 Å². The van der Waals surface area contributed by atoms with Gasteiger partial charge in [-0.1, -0.05) is 0 Å². The first-order valence-corrected chi connectivity index (χ1v) is 5.25. The molecule has 1 aliphatic heterocycles. The molecule has 0 radical (unpaired) electrons. The maximum absolute atomic E-state index is 9.17. The zero-order valence-electron chi connectivity index (χ0n) is 8.69. The summed E-state index contributed by atoms with van der Waals surface area (Å²) in [5.74, 6) is 0. The van der Waals surface area contributed by atoms with E-state index in [1.165, 1.54) is 12.0 Å². The van der Waals surface area contributed by atoms with E-state index in [2.05, 4.69) is 27.9 Å². The van der Waals surface area contributed by atoms with E-state index in [1.807, 2.05) is 7.05 Å². The molecule has 0 bridgehead atoms. The molecular weight excluding hydrogens is 176 g/mol. The molecule has 0 spiro atoms. The lowest BCUT2D eigenvalue weighted by atomic mass is 10.2. The van der Waals surface area contributed by atoms with Gasteiger partial charge in [-0.3, -0.25) is 4.90 Å². The van der Waals surface area contributed by atoms with Crippen LogP contribution in [0.4, 0.5) is 0 Å². The average molecular weight is 194 g/mol. The van der Waals surface area contributed by atoms with Crippen LogP contribution in [0.2, 0.25) is 0 Å². The molecular formula is C11H18N2O. The number of hydrogen-bond acceptors (Lipinski definition) is 2. The Labute approximate surface area is 85.0 Å². The molecule has 0 unspecified atom stereocenters. The Hall–Kier alpha value is -0.800. The number of aromatic nitrogens is 1. The minimum absolute atomic E-state index is 0.298. The van der Waals surface area contributed by atoms with Crippen molar-refractivity contribution in [3.05, 3.63) is 24.0 Å². The van der Waals surface area contributed by atoms with Gasteiger partial charge in [-0.05, 0) is 31.0 Å². The quantitative estimate of drug-likeness (QED) is 0.777. The monoisotopic (exact) mass is 194 g/mol. The lowest BCUT2D eigenvalue weighted by Gasteiger charge is -2.21. The lowest BCUT2D eigenvalue weighted by molar-refractivity contribution is 0.153. The van der Waals surface area contributed by atoms with Crippen molar-refractivity contribution >= 4 is 0 Å².